The molecule has 3 N–H and O–H groups in total. The average molecular weight is 403 g/mol. The molecule has 4 unspecified atom stereocenters. The molecular formula is C20H25N3O6. The minimum Gasteiger partial charge on any atom is -0.491 e. The molecular weight excluding hydrogens is 378 g/mol. The van der Waals surface area contributed by atoms with Crippen molar-refractivity contribution in [2.24, 2.45) is 0 Å². The van der Waals surface area contributed by atoms with Gasteiger partial charge < -0.3 is 29.7 Å². The lowest BCUT2D eigenvalue weighted by Crippen LogP contribution is -2.36. The van der Waals surface area contributed by atoms with Crippen LogP contribution in [0.15, 0.2) is 29.2 Å². The van der Waals surface area contributed by atoms with Crippen molar-refractivity contribution in [3.05, 3.63) is 34.9 Å². The predicted octanol–water partition coefficient (Wildman–Crippen LogP) is 2.30. The molecule has 0 radical (unpaired) electrons. The number of hydrogen-bond acceptors (Lipinski definition) is 8. The first-order valence-electron chi connectivity index (χ1n) is 9.89. The third kappa shape index (κ3) is 3.57. The molecule has 2 aromatic rings. The van der Waals surface area contributed by atoms with Crippen LogP contribution in [0.1, 0.15) is 39.3 Å². The second kappa shape index (κ2) is 8.02. The summed E-state index contributed by atoms with van der Waals surface area (Å²) < 4.78 is 18.6. The number of nitrogens with one attached hydrogen (secondary N) is 1. The molecule has 9 heteroatoms. The van der Waals surface area contributed by atoms with Gasteiger partial charge in [-0.3, -0.25) is 4.57 Å². The van der Waals surface area contributed by atoms with Gasteiger partial charge in [-0.25, -0.2) is 4.79 Å². The monoisotopic (exact) mass is 403 g/mol. The van der Waals surface area contributed by atoms with Crippen LogP contribution in [-0.4, -0.2) is 44.7 Å². The minimum atomic E-state index is -1.23. The van der Waals surface area contributed by atoms with E-state index in [0.29, 0.717) is 36.0 Å². The molecule has 2 aliphatic rings. The molecule has 2 aliphatic heterocycles. The van der Waals surface area contributed by atoms with Crippen molar-refractivity contribution < 1.29 is 24.4 Å². The maximum absolute atomic E-state index is 12.6. The Morgan fingerprint density at radius 3 is 2.79 bits per heavy atom. The highest BCUT2D eigenvalue weighted by molar-refractivity contribution is 5.77. The molecule has 0 bridgehead atoms. The van der Waals surface area contributed by atoms with Gasteiger partial charge in [0.15, 0.2) is 23.5 Å². The molecule has 29 heavy (non-hydrogen) atoms. The Labute approximate surface area is 167 Å². The number of fused-ring (bicyclic) bond motifs is 2. The molecule has 1 fully saturated rings. The maximum atomic E-state index is 12.6. The topological polar surface area (TPSA) is 115 Å². The highest BCUT2D eigenvalue weighted by atomic mass is 16.6. The number of nitrogens with zero attached hydrogens (tertiary/aromatic N) is 2. The molecule has 0 amide bonds. The molecule has 0 saturated carbocycles. The zero-order valence-corrected chi connectivity index (χ0v) is 16.4. The zero-order valence-electron chi connectivity index (χ0n) is 16.4. The smallest absolute Gasteiger partial charge is 0.351 e. The van der Waals surface area contributed by atoms with E-state index in [2.05, 4.69) is 10.3 Å². The second-order valence-electron chi connectivity index (χ2n) is 7.18. The normalized spacial score (nSPS) is 25.0. The summed E-state index contributed by atoms with van der Waals surface area (Å²) >= 11 is 0. The number of aromatic nitrogens is 2. The number of anilines is 2. The van der Waals surface area contributed by atoms with Crippen LogP contribution >= 0.6 is 0 Å². The number of rotatable bonds is 6. The quantitative estimate of drug-likeness (QED) is 0.574. The van der Waals surface area contributed by atoms with Crippen molar-refractivity contribution in [2.75, 3.05) is 11.9 Å². The van der Waals surface area contributed by atoms with Gasteiger partial charge in [-0.1, -0.05) is 26.3 Å². The van der Waals surface area contributed by atoms with Crippen LogP contribution in [0.25, 0.3) is 0 Å². The summed E-state index contributed by atoms with van der Waals surface area (Å²) in [6.45, 7) is 4.52. The van der Waals surface area contributed by atoms with Crippen LogP contribution in [0.4, 0.5) is 11.5 Å². The first-order valence-corrected chi connectivity index (χ1v) is 9.89. The van der Waals surface area contributed by atoms with Gasteiger partial charge in [0.05, 0.1) is 18.9 Å². The zero-order chi connectivity index (χ0) is 20.5. The first kappa shape index (κ1) is 19.7. The number of hydrogen-bond donors (Lipinski definition) is 3. The van der Waals surface area contributed by atoms with Gasteiger partial charge in [-0.05, 0) is 25.0 Å². The van der Waals surface area contributed by atoms with Gasteiger partial charge in [0.1, 0.15) is 23.6 Å². The standard InChI is InChI=1S/C20H25N3O6/c1-3-6-13-16(24)17(25)19(29-13)23-10-14-18(22-20(23)26)21-15-11(27-9-4-2)7-5-8-12(15)28-14/h5,7-8,10,13,16-17,19,24-25H,3-4,6,9H2,1-2H3,(H,21,22,26). The summed E-state index contributed by atoms with van der Waals surface area (Å²) in [6, 6.07) is 5.41. The minimum absolute atomic E-state index is 0.254. The van der Waals surface area contributed by atoms with Crippen molar-refractivity contribution in [3.8, 4) is 17.2 Å². The van der Waals surface area contributed by atoms with Crippen LogP contribution in [0.5, 0.6) is 17.2 Å². The van der Waals surface area contributed by atoms with E-state index in [1.165, 1.54) is 6.20 Å². The van der Waals surface area contributed by atoms with E-state index < -0.39 is 30.2 Å². The molecule has 3 heterocycles. The van der Waals surface area contributed by atoms with E-state index in [0.717, 1.165) is 17.4 Å². The Hall–Kier alpha value is -2.62. The van der Waals surface area contributed by atoms with Crippen molar-refractivity contribution in [1.29, 1.82) is 0 Å². The van der Waals surface area contributed by atoms with Gasteiger partial charge in [0.25, 0.3) is 0 Å². The van der Waals surface area contributed by atoms with E-state index in [1.54, 1.807) is 6.07 Å². The molecule has 1 aromatic carbocycles. The molecule has 1 saturated heterocycles. The number of para-hydroxylation sites is 1. The lowest BCUT2D eigenvalue weighted by molar-refractivity contribution is -0.0420. The molecule has 156 valence electrons. The SMILES string of the molecule is CCCOc1cccc2c1Nc1nc(=O)n(C3OC(CCC)C(O)C3O)cc1O2. The summed E-state index contributed by atoms with van der Waals surface area (Å²) in [7, 11) is 0. The average Bonchev–Trinajstić information content (AvgIpc) is 2.99. The van der Waals surface area contributed by atoms with Crippen LogP contribution < -0.4 is 20.5 Å². The Morgan fingerprint density at radius 1 is 1.21 bits per heavy atom. The van der Waals surface area contributed by atoms with Crippen LogP contribution in [-0.2, 0) is 4.74 Å². The number of aliphatic hydroxyl groups is 2. The van der Waals surface area contributed by atoms with E-state index in [1.807, 2.05) is 26.0 Å². The molecule has 4 rings (SSSR count). The molecule has 4 atom stereocenters. The largest absolute Gasteiger partial charge is 0.491 e. The van der Waals surface area contributed by atoms with Gasteiger partial charge in [0.2, 0.25) is 0 Å². The van der Waals surface area contributed by atoms with E-state index >= 15 is 0 Å². The van der Waals surface area contributed by atoms with Crippen LogP contribution in [0, 0.1) is 0 Å². The van der Waals surface area contributed by atoms with Crippen LogP contribution in [0.3, 0.4) is 0 Å². The fourth-order valence-electron chi connectivity index (χ4n) is 3.57. The molecule has 0 aliphatic carbocycles. The Balaban J connectivity index is 1.64. The predicted molar refractivity (Wildman–Crippen MR) is 105 cm³/mol. The summed E-state index contributed by atoms with van der Waals surface area (Å²) in [6.07, 6.45) is -0.216. The number of benzene rings is 1. The highest BCUT2D eigenvalue weighted by Crippen LogP contribution is 2.45. The maximum Gasteiger partial charge on any atom is 0.351 e. The van der Waals surface area contributed by atoms with E-state index in [-0.39, 0.29) is 5.82 Å². The summed E-state index contributed by atoms with van der Waals surface area (Å²) in [4.78, 5) is 16.7. The fraction of sp³-hybridized carbons (Fsp3) is 0.500. The number of ether oxygens (including phenoxy) is 3. The third-order valence-corrected chi connectivity index (χ3v) is 5.02. The van der Waals surface area contributed by atoms with Gasteiger partial charge in [-0.15, -0.1) is 0 Å². The van der Waals surface area contributed by atoms with Crippen molar-refractivity contribution in [1.82, 2.24) is 9.55 Å². The second-order valence-corrected chi connectivity index (χ2v) is 7.18. The number of aliphatic hydroxyl groups excluding tert-OH is 2. The lowest BCUT2D eigenvalue weighted by Gasteiger charge is -2.25. The first-order chi connectivity index (χ1) is 14.0. The highest BCUT2D eigenvalue weighted by Gasteiger charge is 2.44. The van der Waals surface area contributed by atoms with Gasteiger partial charge >= 0.3 is 5.69 Å². The Morgan fingerprint density at radius 2 is 2.03 bits per heavy atom. The molecule has 9 nitrogen and oxygen atoms in total. The Bertz CT molecular complexity index is 946. The summed E-state index contributed by atoms with van der Waals surface area (Å²) in [5, 5.41) is 23.7. The van der Waals surface area contributed by atoms with Crippen molar-refractivity contribution >= 4 is 11.5 Å². The summed E-state index contributed by atoms with van der Waals surface area (Å²) in [5.74, 6) is 1.72. The molecule has 0 spiro atoms. The fourth-order valence-corrected chi connectivity index (χ4v) is 3.57. The lowest BCUT2D eigenvalue weighted by atomic mass is 10.1. The van der Waals surface area contributed by atoms with Crippen LogP contribution in [0.2, 0.25) is 0 Å². The summed E-state index contributed by atoms with van der Waals surface area (Å²) in [5.41, 5.74) is -0.0164. The van der Waals surface area contributed by atoms with Crippen molar-refractivity contribution in [3.63, 3.8) is 0 Å². The van der Waals surface area contributed by atoms with Crippen molar-refractivity contribution in [2.45, 2.75) is 57.6 Å². The van der Waals surface area contributed by atoms with E-state index in [9.17, 15) is 15.0 Å². The molecule has 1 aromatic heterocycles. The Kier molecular flexibility index (Phi) is 5.44. The van der Waals surface area contributed by atoms with Gasteiger partial charge in [-0.2, -0.15) is 4.98 Å². The van der Waals surface area contributed by atoms with E-state index in [4.69, 9.17) is 14.2 Å². The van der Waals surface area contributed by atoms with Gasteiger partial charge in [0, 0.05) is 0 Å². The third-order valence-electron chi connectivity index (χ3n) is 5.02.